The van der Waals surface area contributed by atoms with Crippen molar-refractivity contribution < 1.29 is 19.8 Å². The molecule has 8 heteroatoms. The predicted molar refractivity (Wildman–Crippen MR) is 159 cm³/mol. The summed E-state index contributed by atoms with van der Waals surface area (Å²) in [5.41, 5.74) is 2.38. The summed E-state index contributed by atoms with van der Waals surface area (Å²) in [7, 11) is 0. The highest BCUT2D eigenvalue weighted by atomic mass is 16.4. The van der Waals surface area contributed by atoms with Gasteiger partial charge in [-0.15, -0.1) is 0 Å². The number of anilines is 4. The van der Waals surface area contributed by atoms with Crippen LogP contribution in [-0.2, 0) is 0 Å². The third kappa shape index (κ3) is 8.14. The molecule has 2 heterocycles. The fraction of sp³-hybridized carbons (Fsp3) is 0.250. The van der Waals surface area contributed by atoms with Crippen molar-refractivity contribution in [2.75, 3.05) is 22.9 Å². The minimum absolute atomic E-state index is 0.229. The molecule has 0 atom stereocenters. The van der Waals surface area contributed by atoms with Crippen LogP contribution < -0.4 is 9.80 Å². The molecule has 0 spiro atoms. The normalized spacial score (nSPS) is 10.2. The Labute approximate surface area is 235 Å². The quantitative estimate of drug-likeness (QED) is 0.191. The molecular formula is C32H36N4O4. The van der Waals surface area contributed by atoms with Crippen LogP contribution in [0.15, 0.2) is 97.3 Å². The first-order chi connectivity index (χ1) is 19.5. The van der Waals surface area contributed by atoms with Crippen molar-refractivity contribution in [3.63, 3.8) is 0 Å². The summed E-state index contributed by atoms with van der Waals surface area (Å²) in [4.78, 5) is 35.2. The number of para-hydroxylation sites is 2. The largest absolute Gasteiger partial charge is 0.478 e. The third-order valence-electron chi connectivity index (χ3n) is 6.15. The van der Waals surface area contributed by atoms with Crippen LogP contribution in [0.5, 0.6) is 0 Å². The van der Waals surface area contributed by atoms with Gasteiger partial charge in [0, 0.05) is 36.9 Å². The summed E-state index contributed by atoms with van der Waals surface area (Å²) in [5, 5.41) is 18.6. The highest BCUT2D eigenvalue weighted by Gasteiger charge is 2.19. The van der Waals surface area contributed by atoms with E-state index in [4.69, 9.17) is 0 Å². The lowest BCUT2D eigenvalue weighted by molar-refractivity contribution is 0.0686. The van der Waals surface area contributed by atoms with Crippen molar-refractivity contribution in [1.82, 2.24) is 9.97 Å². The molecule has 0 aliphatic carbocycles. The van der Waals surface area contributed by atoms with Crippen LogP contribution >= 0.6 is 0 Å². The Kier molecular flexibility index (Phi) is 11.7. The number of hydrogen-bond acceptors (Lipinski definition) is 6. The van der Waals surface area contributed by atoms with E-state index in [0.29, 0.717) is 11.6 Å². The van der Waals surface area contributed by atoms with Crippen LogP contribution in [0.25, 0.3) is 0 Å². The second-order valence-electron chi connectivity index (χ2n) is 9.04. The maximum absolute atomic E-state index is 11.4. The molecule has 2 aromatic heterocycles. The molecule has 0 unspecified atom stereocenters. The smallest absolute Gasteiger partial charge is 0.339 e. The Morgan fingerprint density at radius 3 is 1.30 bits per heavy atom. The van der Waals surface area contributed by atoms with Gasteiger partial charge in [0.05, 0.1) is 0 Å². The van der Waals surface area contributed by atoms with Gasteiger partial charge in [-0.25, -0.2) is 19.6 Å². The van der Waals surface area contributed by atoms with Crippen molar-refractivity contribution >= 4 is 34.9 Å². The lowest BCUT2D eigenvalue weighted by Crippen LogP contribution is -2.22. The van der Waals surface area contributed by atoms with Crippen LogP contribution in [0.2, 0.25) is 0 Å². The molecule has 0 fully saturated rings. The first kappa shape index (κ1) is 29.8. The van der Waals surface area contributed by atoms with Gasteiger partial charge in [0.2, 0.25) is 0 Å². The number of unbranched alkanes of at least 4 members (excludes halogenated alkanes) is 2. The maximum atomic E-state index is 11.4. The summed E-state index contributed by atoms with van der Waals surface area (Å²) >= 11 is 0. The number of aromatic carboxylic acids is 2. The van der Waals surface area contributed by atoms with E-state index in [2.05, 4.69) is 23.8 Å². The number of benzene rings is 2. The molecule has 0 aliphatic heterocycles. The van der Waals surface area contributed by atoms with E-state index in [1.807, 2.05) is 70.5 Å². The van der Waals surface area contributed by atoms with Gasteiger partial charge >= 0.3 is 11.9 Å². The van der Waals surface area contributed by atoms with Crippen LogP contribution in [0, 0.1) is 0 Å². The van der Waals surface area contributed by atoms with E-state index in [0.717, 1.165) is 50.1 Å². The van der Waals surface area contributed by atoms with Gasteiger partial charge in [-0.05, 0) is 61.4 Å². The van der Waals surface area contributed by atoms with Gasteiger partial charge in [-0.1, -0.05) is 63.1 Å². The van der Waals surface area contributed by atoms with E-state index in [9.17, 15) is 19.8 Å². The molecule has 0 saturated carbocycles. The predicted octanol–water partition coefficient (Wildman–Crippen LogP) is 7.44. The van der Waals surface area contributed by atoms with Gasteiger partial charge in [-0.3, -0.25) is 0 Å². The molecule has 0 aliphatic rings. The zero-order chi connectivity index (χ0) is 28.7. The first-order valence-corrected chi connectivity index (χ1v) is 13.5. The fourth-order valence-corrected chi connectivity index (χ4v) is 4.12. The number of rotatable bonds is 12. The monoisotopic (exact) mass is 540 g/mol. The van der Waals surface area contributed by atoms with E-state index < -0.39 is 11.9 Å². The Balaban J connectivity index is 0.000000220. The molecule has 40 heavy (non-hydrogen) atoms. The van der Waals surface area contributed by atoms with Gasteiger partial charge < -0.3 is 20.0 Å². The van der Waals surface area contributed by atoms with E-state index in [1.165, 1.54) is 0 Å². The Morgan fingerprint density at radius 2 is 0.975 bits per heavy atom. The molecule has 0 amide bonds. The SMILES string of the molecule is CCCCN(c1ccccc1)c1ncccc1C(=O)O.CCCCN(c1ccccc1)c1ncccc1C(=O)O. The second kappa shape index (κ2) is 15.6. The van der Waals surface area contributed by atoms with Crippen LogP contribution in [-0.4, -0.2) is 45.2 Å². The van der Waals surface area contributed by atoms with Crippen LogP contribution in [0.4, 0.5) is 23.0 Å². The first-order valence-electron chi connectivity index (χ1n) is 13.5. The van der Waals surface area contributed by atoms with Crippen molar-refractivity contribution in [2.24, 2.45) is 0 Å². The van der Waals surface area contributed by atoms with Crippen LogP contribution in [0.1, 0.15) is 60.2 Å². The molecule has 2 aromatic carbocycles. The zero-order valence-electron chi connectivity index (χ0n) is 23.0. The fourth-order valence-electron chi connectivity index (χ4n) is 4.12. The minimum atomic E-state index is -0.953. The number of aromatic nitrogens is 2. The van der Waals surface area contributed by atoms with E-state index >= 15 is 0 Å². The van der Waals surface area contributed by atoms with Gasteiger partial charge in [-0.2, -0.15) is 0 Å². The average Bonchev–Trinajstić information content (AvgIpc) is 2.99. The Bertz CT molecular complexity index is 1240. The molecular weight excluding hydrogens is 504 g/mol. The van der Waals surface area contributed by atoms with Crippen LogP contribution in [0.3, 0.4) is 0 Å². The molecule has 0 bridgehead atoms. The molecule has 0 radical (unpaired) electrons. The number of pyridine rings is 2. The number of nitrogens with zero attached hydrogens (tertiary/aromatic N) is 4. The highest BCUT2D eigenvalue weighted by molar-refractivity contribution is 5.95. The summed E-state index contributed by atoms with van der Waals surface area (Å²) in [5.74, 6) is -0.907. The number of carboxylic acids is 2. The van der Waals surface area contributed by atoms with Gasteiger partial charge in [0.15, 0.2) is 0 Å². The van der Waals surface area contributed by atoms with E-state index in [1.54, 1.807) is 36.7 Å². The second-order valence-corrected chi connectivity index (χ2v) is 9.04. The Morgan fingerprint density at radius 1 is 0.600 bits per heavy atom. The average molecular weight is 541 g/mol. The maximum Gasteiger partial charge on any atom is 0.339 e. The molecule has 0 saturated heterocycles. The number of carboxylic acid groups (broad SMARTS) is 2. The van der Waals surface area contributed by atoms with Crippen molar-refractivity contribution in [3.05, 3.63) is 108 Å². The standard InChI is InChI=1S/2C16H18N2O2/c2*1-2-3-12-18(13-8-5-4-6-9-13)15-14(16(19)20)10-7-11-17-15/h2*4-11H,2-3,12H2,1H3,(H,19,20). The summed E-state index contributed by atoms with van der Waals surface area (Å²) in [6.45, 7) is 5.72. The molecule has 4 rings (SSSR count). The topological polar surface area (TPSA) is 107 Å². The number of hydrogen-bond donors (Lipinski definition) is 2. The van der Waals surface area contributed by atoms with Gasteiger partial charge in [0.1, 0.15) is 22.8 Å². The molecule has 4 aromatic rings. The minimum Gasteiger partial charge on any atom is -0.478 e. The summed E-state index contributed by atoms with van der Waals surface area (Å²) in [6.07, 6.45) is 7.29. The van der Waals surface area contributed by atoms with Gasteiger partial charge in [0.25, 0.3) is 0 Å². The van der Waals surface area contributed by atoms with Crippen molar-refractivity contribution in [2.45, 2.75) is 39.5 Å². The lowest BCUT2D eigenvalue weighted by atomic mass is 10.2. The lowest BCUT2D eigenvalue weighted by Gasteiger charge is -2.25. The molecule has 2 N–H and O–H groups in total. The Hall–Kier alpha value is -4.72. The van der Waals surface area contributed by atoms with Crippen molar-refractivity contribution in [3.8, 4) is 0 Å². The summed E-state index contributed by atoms with van der Waals surface area (Å²) < 4.78 is 0. The zero-order valence-corrected chi connectivity index (χ0v) is 23.0. The summed E-state index contributed by atoms with van der Waals surface area (Å²) in [6, 6.07) is 26.0. The highest BCUT2D eigenvalue weighted by Crippen LogP contribution is 2.28. The van der Waals surface area contributed by atoms with E-state index in [-0.39, 0.29) is 11.1 Å². The van der Waals surface area contributed by atoms with Crippen molar-refractivity contribution in [1.29, 1.82) is 0 Å². The molecule has 208 valence electrons. The number of carbonyl (C=O) groups is 2. The molecule has 8 nitrogen and oxygen atoms in total. The third-order valence-corrected chi connectivity index (χ3v) is 6.15.